The maximum Gasteiger partial charge on any atom is 0.269 e. The standard InChI is InChI=1S/C21H25N3O6/c1-4-29-16-9-7-6-8-15(16)21(27)22-13-19(25)23-24-20(26)14-10-11-17(30-5-2)18(12-14)28-3/h6-12H,4-5,13H2,1-3H3,(H,22,27)(H,23,25)(H,24,26). The number of carbonyl (C=O) groups is 3. The Morgan fingerprint density at radius 3 is 2.23 bits per heavy atom. The van der Waals surface area contributed by atoms with Crippen LogP contribution >= 0.6 is 0 Å². The smallest absolute Gasteiger partial charge is 0.269 e. The summed E-state index contributed by atoms with van der Waals surface area (Å²) in [6, 6.07) is 11.4. The van der Waals surface area contributed by atoms with Crippen LogP contribution in [0.1, 0.15) is 34.6 Å². The summed E-state index contributed by atoms with van der Waals surface area (Å²) in [5, 5.41) is 2.48. The zero-order valence-electron chi connectivity index (χ0n) is 17.1. The molecule has 0 bridgehead atoms. The lowest BCUT2D eigenvalue weighted by Crippen LogP contribution is -2.46. The summed E-state index contributed by atoms with van der Waals surface area (Å²) >= 11 is 0. The maximum absolute atomic E-state index is 12.3. The fraction of sp³-hybridized carbons (Fsp3) is 0.286. The number of ether oxygens (including phenoxy) is 3. The van der Waals surface area contributed by atoms with Gasteiger partial charge >= 0.3 is 0 Å². The van der Waals surface area contributed by atoms with Crippen LogP contribution in [-0.2, 0) is 4.79 Å². The van der Waals surface area contributed by atoms with Crippen molar-refractivity contribution in [2.75, 3.05) is 26.9 Å². The molecule has 3 N–H and O–H groups in total. The first-order valence-electron chi connectivity index (χ1n) is 9.40. The van der Waals surface area contributed by atoms with Gasteiger partial charge in [-0.15, -0.1) is 0 Å². The topological polar surface area (TPSA) is 115 Å². The summed E-state index contributed by atoms with van der Waals surface area (Å²) in [4.78, 5) is 36.5. The van der Waals surface area contributed by atoms with Crippen LogP contribution in [0.4, 0.5) is 0 Å². The van der Waals surface area contributed by atoms with Crippen molar-refractivity contribution in [3.63, 3.8) is 0 Å². The molecule has 160 valence electrons. The Morgan fingerprint density at radius 1 is 0.833 bits per heavy atom. The fourth-order valence-corrected chi connectivity index (χ4v) is 2.52. The van der Waals surface area contributed by atoms with Crippen LogP contribution in [0.3, 0.4) is 0 Å². The van der Waals surface area contributed by atoms with Gasteiger partial charge in [0.2, 0.25) is 0 Å². The molecule has 2 rings (SSSR count). The quantitative estimate of drug-likeness (QED) is 0.537. The average Bonchev–Trinajstić information content (AvgIpc) is 2.76. The number of hydrogen-bond donors (Lipinski definition) is 3. The van der Waals surface area contributed by atoms with Crippen LogP contribution < -0.4 is 30.4 Å². The van der Waals surface area contributed by atoms with Crippen molar-refractivity contribution in [2.24, 2.45) is 0 Å². The van der Waals surface area contributed by atoms with E-state index in [9.17, 15) is 14.4 Å². The second kappa shape index (κ2) is 11.3. The van der Waals surface area contributed by atoms with E-state index in [1.807, 2.05) is 13.8 Å². The van der Waals surface area contributed by atoms with Gasteiger partial charge < -0.3 is 19.5 Å². The zero-order valence-corrected chi connectivity index (χ0v) is 17.1. The van der Waals surface area contributed by atoms with E-state index in [0.717, 1.165) is 0 Å². The van der Waals surface area contributed by atoms with Gasteiger partial charge in [0.1, 0.15) is 5.75 Å². The lowest BCUT2D eigenvalue weighted by atomic mass is 10.2. The van der Waals surface area contributed by atoms with Crippen molar-refractivity contribution in [1.29, 1.82) is 0 Å². The number of hydrazine groups is 1. The molecule has 0 saturated heterocycles. The third-order valence-electron chi connectivity index (χ3n) is 3.88. The Morgan fingerprint density at radius 2 is 1.53 bits per heavy atom. The molecule has 0 atom stereocenters. The van der Waals surface area contributed by atoms with Gasteiger partial charge in [-0.05, 0) is 44.2 Å². The van der Waals surface area contributed by atoms with Crippen molar-refractivity contribution in [2.45, 2.75) is 13.8 Å². The average molecular weight is 415 g/mol. The molecule has 0 aliphatic rings. The van der Waals surface area contributed by atoms with Crippen molar-refractivity contribution in [3.8, 4) is 17.2 Å². The molecule has 0 aromatic heterocycles. The predicted octanol–water partition coefficient (Wildman–Crippen LogP) is 1.68. The maximum atomic E-state index is 12.3. The van der Waals surface area contributed by atoms with Crippen LogP contribution in [0.15, 0.2) is 42.5 Å². The predicted molar refractivity (Wildman–Crippen MR) is 110 cm³/mol. The van der Waals surface area contributed by atoms with Gasteiger partial charge in [0.05, 0.1) is 32.4 Å². The third kappa shape index (κ3) is 6.13. The molecule has 9 heteroatoms. The van der Waals surface area contributed by atoms with Gasteiger partial charge in [-0.2, -0.15) is 0 Å². The minimum absolute atomic E-state index is 0.269. The molecule has 0 aliphatic carbocycles. The molecule has 3 amide bonds. The summed E-state index contributed by atoms with van der Waals surface area (Å²) in [6.07, 6.45) is 0. The SMILES string of the molecule is CCOc1ccc(C(=O)NNC(=O)CNC(=O)c2ccccc2OCC)cc1OC. The Kier molecular flexibility index (Phi) is 8.49. The third-order valence-corrected chi connectivity index (χ3v) is 3.88. The lowest BCUT2D eigenvalue weighted by Gasteiger charge is -2.12. The molecule has 0 radical (unpaired) electrons. The summed E-state index contributed by atoms with van der Waals surface area (Å²) < 4.78 is 16.0. The number of rotatable bonds is 9. The monoisotopic (exact) mass is 415 g/mol. The van der Waals surface area contributed by atoms with Gasteiger partial charge in [-0.1, -0.05) is 12.1 Å². The van der Waals surface area contributed by atoms with Gasteiger partial charge in [0.15, 0.2) is 11.5 Å². The van der Waals surface area contributed by atoms with E-state index in [0.29, 0.717) is 36.0 Å². The highest BCUT2D eigenvalue weighted by Crippen LogP contribution is 2.27. The van der Waals surface area contributed by atoms with Crippen molar-refractivity contribution in [1.82, 2.24) is 16.2 Å². The molecule has 0 saturated carbocycles. The molecule has 0 heterocycles. The lowest BCUT2D eigenvalue weighted by molar-refractivity contribution is -0.120. The Labute approximate surface area is 174 Å². The van der Waals surface area contributed by atoms with Gasteiger partial charge in [-0.3, -0.25) is 25.2 Å². The Hall–Kier alpha value is -3.75. The van der Waals surface area contributed by atoms with E-state index in [-0.39, 0.29) is 12.1 Å². The number of benzene rings is 2. The fourth-order valence-electron chi connectivity index (χ4n) is 2.52. The van der Waals surface area contributed by atoms with Crippen LogP contribution in [0.2, 0.25) is 0 Å². The first-order chi connectivity index (χ1) is 14.5. The van der Waals surface area contributed by atoms with Gasteiger partial charge in [-0.25, -0.2) is 0 Å². The number of hydrogen-bond acceptors (Lipinski definition) is 6. The summed E-state index contributed by atoms with van der Waals surface area (Å²) in [6.45, 7) is 4.19. The minimum atomic E-state index is -0.594. The molecule has 2 aromatic carbocycles. The van der Waals surface area contributed by atoms with Crippen molar-refractivity contribution >= 4 is 17.7 Å². The summed E-state index contributed by atoms with van der Waals surface area (Å²) in [5.74, 6) is -0.264. The highest BCUT2D eigenvalue weighted by atomic mass is 16.5. The number of nitrogens with one attached hydrogen (secondary N) is 3. The van der Waals surface area contributed by atoms with E-state index in [1.165, 1.54) is 13.2 Å². The molecule has 0 spiro atoms. The van der Waals surface area contributed by atoms with Crippen molar-refractivity contribution < 1.29 is 28.6 Å². The largest absolute Gasteiger partial charge is 0.493 e. The van der Waals surface area contributed by atoms with Gasteiger partial charge in [0, 0.05) is 5.56 Å². The number of amides is 3. The van der Waals surface area contributed by atoms with E-state index in [1.54, 1.807) is 36.4 Å². The highest BCUT2D eigenvalue weighted by Gasteiger charge is 2.14. The van der Waals surface area contributed by atoms with Crippen LogP contribution in [0, 0.1) is 0 Å². The number of para-hydroxylation sites is 1. The number of carbonyl (C=O) groups excluding carboxylic acids is 3. The highest BCUT2D eigenvalue weighted by molar-refractivity contribution is 5.99. The molecule has 30 heavy (non-hydrogen) atoms. The second-order valence-electron chi connectivity index (χ2n) is 5.91. The molecular weight excluding hydrogens is 390 g/mol. The molecule has 9 nitrogen and oxygen atoms in total. The second-order valence-corrected chi connectivity index (χ2v) is 5.91. The van der Waals surface area contributed by atoms with E-state index in [2.05, 4.69) is 16.2 Å². The molecular formula is C21H25N3O6. The molecule has 0 fully saturated rings. The van der Waals surface area contributed by atoms with Crippen LogP contribution in [0.25, 0.3) is 0 Å². The number of methoxy groups -OCH3 is 1. The first-order valence-corrected chi connectivity index (χ1v) is 9.40. The van der Waals surface area contributed by atoms with E-state index >= 15 is 0 Å². The first kappa shape index (κ1) is 22.5. The minimum Gasteiger partial charge on any atom is -0.493 e. The van der Waals surface area contributed by atoms with E-state index < -0.39 is 17.7 Å². The van der Waals surface area contributed by atoms with Crippen LogP contribution in [0.5, 0.6) is 17.2 Å². The molecule has 2 aromatic rings. The van der Waals surface area contributed by atoms with E-state index in [4.69, 9.17) is 14.2 Å². The molecule has 0 aliphatic heterocycles. The van der Waals surface area contributed by atoms with Gasteiger partial charge in [0.25, 0.3) is 17.7 Å². The zero-order chi connectivity index (χ0) is 21.9. The summed E-state index contributed by atoms with van der Waals surface area (Å²) in [5.41, 5.74) is 5.12. The summed E-state index contributed by atoms with van der Waals surface area (Å²) in [7, 11) is 1.47. The van der Waals surface area contributed by atoms with Crippen molar-refractivity contribution in [3.05, 3.63) is 53.6 Å². The molecule has 0 unspecified atom stereocenters. The Balaban J connectivity index is 1.87. The van der Waals surface area contributed by atoms with Crippen LogP contribution in [-0.4, -0.2) is 44.6 Å². The normalized spacial score (nSPS) is 9.97. The Bertz CT molecular complexity index is 900.